The zero-order valence-electron chi connectivity index (χ0n) is 15.1. The molecule has 0 aliphatic rings. The van der Waals surface area contributed by atoms with E-state index in [4.69, 9.17) is 27.9 Å². The number of nitrogens with one attached hydrogen (secondary N) is 1. The second-order valence-corrected chi connectivity index (χ2v) is 7.67. The van der Waals surface area contributed by atoms with Crippen molar-refractivity contribution in [2.75, 3.05) is 6.61 Å². The van der Waals surface area contributed by atoms with Gasteiger partial charge in [0.15, 0.2) is 6.61 Å². The number of imide groups is 1. The van der Waals surface area contributed by atoms with Gasteiger partial charge in [0.05, 0.1) is 15.6 Å². The number of hydrogen-bond donors (Lipinski definition) is 1. The fraction of sp³-hybridized carbons (Fsp3) is 0.250. The van der Waals surface area contributed by atoms with Gasteiger partial charge in [0.2, 0.25) is 0 Å². The summed E-state index contributed by atoms with van der Waals surface area (Å²) in [6, 6.07) is 11.4. The van der Waals surface area contributed by atoms with E-state index in [9.17, 15) is 14.4 Å². The van der Waals surface area contributed by atoms with Crippen molar-refractivity contribution in [2.45, 2.75) is 26.2 Å². The standard InChI is InChI=1S/C20H19Cl2NO4/c1-20(2,3)13-9-7-12(8-10-13)18(25)23-16(24)11-27-19(26)14-5-4-6-15(21)17(14)22/h4-10H,11H2,1-3H3,(H,23,24,25). The molecule has 2 aromatic carbocycles. The Morgan fingerprint density at radius 2 is 1.63 bits per heavy atom. The lowest BCUT2D eigenvalue weighted by atomic mass is 9.87. The van der Waals surface area contributed by atoms with E-state index >= 15 is 0 Å². The van der Waals surface area contributed by atoms with Crippen LogP contribution in [0.25, 0.3) is 0 Å². The minimum absolute atomic E-state index is 0.0410. The van der Waals surface area contributed by atoms with E-state index in [-0.39, 0.29) is 21.0 Å². The highest BCUT2D eigenvalue weighted by molar-refractivity contribution is 6.43. The van der Waals surface area contributed by atoms with Crippen LogP contribution < -0.4 is 5.32 Å². The van der Waals surface area contributed by atoms with Crippen LogP contribution in [0.4, 0.5) is 0 Å². The Labute approximate surface area is 167 Å². The molecule has 1 N–H and O–H groups in total. The van der Waals surface area contributed by atoms with Crippen molar-refractivity contribution in [2.24, 2.45) is 0 Å². The van der Waals surface area contributed by atoms with E-state index in [1.807, 2.05) is 12.1 Å². The van der Waals surface area contributed by atoms with Crippen molar-refractivity contribution >= 4 is 41.0 Å². The monoisotopic (exact) mass is 407 g/mol. The number of carbonyl (C=O) groups is 3. The lowest BCUT2D eigenvalue weighted by molar-refractivity contribution is -0.123. The van der Waals surface area contributed by atoms with Gasteiger partial charge in [-0.3, -0.25) is 14.9 Å². The largest absolute Gasteiger partial charge is 0.452 e. The van der Waals surface area contributed by atoms with Crippen molar-refractivity contribution in [3.63, 3.8) is 0 Å². The van der Waals surface area contributed by atoms with Crippen molar-refractivity contribution in [3.8, 4) is 0 Å². The van der Waals surface area contributed by atoms with Gasteiger partial charge in [-0.1, -0.05) is 62.2 Å². The van der Waals surface area contributed by atoms with Crippen molar-refractivity contribution in [1.82, 2.24) is 5.32 Å². The minimum Gasteiger partial charge on any atom is -0.452 e. The van der Waals surface area contributed by atoms with E-state index in [0.717, 1.165) is 5.56 Å². The summed E-state index contributed by atoms with van der Waals surface area (Å²) in [5.74, 6) is -2.12. The first kappa shape index (κ1) is 20.9. The maximum Gasteiger partial charge on any atom is 0.340 e. The molecule has 7 heteroatoms. The van der Waals surface area contributed by atoms with Crippen LogP contribution in [0.5, 0.6) is 0 Å². The third-order valence-corrected chi connectivity index (χ3v) is 4.59. The van der Waals surface area contributed by atoms with Crippen molar-refractivity contribution in [3.05, 3.63) is 69.2 Å². The Bertz CT molecular complexity index is 871. The van der Waals surface area contributed by atoms with Gasteiger partial charge >= 0.3 is 5.97 Å². The summed E-state index contributed by atoms with van der Waals surface area (Å²) in [6.45, 7) is 5.57. The molecule has 142 valence electrons. The van der Waals surface area contributed by atoms with Crippen LogP contribution in [0.1, 0.15) is 47.1 Å². The zero-order chi connectivity index (χ0) is 20.2. The fourth-order valence-corrected chi connectivity index (χ4v) is 2.60. The Morgan fingerprint density at radius 3 is 2.22 bits per heavy atom. The summed E-state index contributed by atoms with van der Waals surface area (Å²) in [5, 5.41) is 2.41. The highest BCUT2D eigenvalue weighted by Crippen LogP contribution is 2.26. The van der Waals surface area contributed by atoms with Gasteiger partial charge in [0.25, 0.3) is 11.8 Å². The van der Waals surface area contributed by atoms with Crippen LogP contribution in [0.2, 0.25) is 10.0 Å². The topological polar surface area (TPSA) is 72.5 Å². The van der Waals surface area contributed by atoms with Gasteiger partial charge in [0, 0.05) is 5.56 Å². The SMILES string of the molecule is CC(C)(C)c1ccc(C(=O)NC(=O)COC(=O)c2cccc(Cl)c2Cl)cc1. The average molecular weight is 408 g/mol. The molecule has 2 aromatic rings. The smallest absolute Gasteiger partial charge is 0.340 e. The second kappa shape index (κ2) is 8.55. The van der Waals surface area contributed by atoms with E-state index < -0.39 is 24.4 Å². The lowest BCUT2D eigenvalue weighted by Gasteiger charge is -2.19. The molecule has 0 atom stereocenters. The Balaban J connectivity index is 1.92. The van der Waals surface area contributed by atoms with Crippen LogP contribution in [0, 0.1) is 0 Å². The first-order chi connectivity index (χ1) is 12.6. The van der Waals surface area contributed by atoms with E-state index in [1.54, 1.807) is 12.1 Å². The highest BCUT2D eigenvalue weighted by Gasteiger charge is 2.18. The first-order valence-corrected chi connectivity index (χ1v) is 8.91. The molecule has 0 aromatic heterocycles. The molecule has 2 amide bonds. The molecule has 0 aliphatic heterocycles. The van der Waals surface area contributed by atoms with Crippen molar-refractivity contribution in [1.29, 1.82) is 0 Å². The quantitative estimate of drug-likeness (QED) is 0.761. The maximum absolute atomic E-state index is 12.1. The number of rotatable bonds is 4. The fourth-order valence-electron chi connectivity index (χ4n) is 2.23. The molecule has 0 heterocycles. The maximum atomic E-state index is 12.1. The summed E-state index contributed by atoms with van der Waals surface area (Å²) >= 11 is 11.8. The number of halogens is 2. The van der Waals surface area contributed by atoms with E-state index in [0.29, 0.717) is 5.56 Å². The van der Waals surface area contributed by atoms with Gasteiger partial charge in [-0.05, 0) is 35.2 Å². The molecule has 2 rings (SSSR count). The predicted molar refractivity (Wildman–Crippen MR) is 104 cm³/mol. The number of hydrogen-bond acceptors (Lipinski definition) is 4. The van der Waals surface area contributed by atoms with Crippen LogP contribution >= 0.6 is 23.2 Å². The van der Waals surface area contributed by atoms with Crippen LogP contribution in [0.3, 0.4) is 0 Å². The molecular formula is C20H19Cl2NO4. The van der Waals surface area contributed by atoms with Gasteiger partial charge < -0.3 is 4.74 Å². The van der Waals surface area contributed by atoms with Gasteiger partial charge in [0.1, 0.15) is 0 Å². The summed E-state index contributed by atoms with van der Waals surface area (Å²) < 4.78 is 4.88. The average Bonchev–Trinajstić information content (AvgIpc) is 2.61. The molecular weight excluding hydrogens is 389 g/mol. The lowest BCUT2D eigenvalue weighted by Crippen LogP contribution is -2.34. The van der Waals surface area contributed by atoms with E-state index in [1.165, 1.54) is 18.2 Å². The number of carbonyl (C=O) groups excluding carboxylic acids is 3. The van der Waals surface area contributed by atoms with Crippen LogP contribution in [-0.4, -0.2) is 24.4 Å². The third kappa shape index (κ3) is 5.55. The van der Waals surface area contributed by atoms with Gasteiger partial charge in [-0.2, -0.15) is 0 Å². The molecule has 0 bridgehead atoms. The van der Waals surface area contributed by atoms with Crippen LogP contribution in [-0.2, 0) is 14.9 Å². The zero-order valence-corrected chi connectivity index (χ0v) is 16.6. The second-order valence-electron chi connectivity index (χ2n) is 6.88. The summed E-state index contributed by atoms with van der Waals surface area (Å²) in [5.41, 5.74) is 1.40. The normalized spacial score (nSPS) is 11.0. The number of amides is 2. The summed E-state index contributed by atoms with van der Waals surface area (Å²) in [4.78, 5) is 36.0. The minimum atomic E-state index is -0.806. The Kier molecular flexibility index (Phi) is 6.63. The molecule has 0 spiro atoms. The molecule has 27 heavy (non-hydrogen) atoms. The number of ether oxygens (including phenoxy) is 1. The van der Waals surface area contributed by atoms with Gasteiger partial charge in [-0.25, -0.2) is 4.79 Å². The molecule has 5 nitrogen and oxygen atoms in total. The van der Waals surface area contributed by atoms with Gasteiger partial charge in [-0.15, -0.1) is 0 Å². The molecule has 0 unspecified atom stereocenters. The molecule has 0 fully saturated rings. The van der Waals surface area contributed by atoms with E-state index in [2.05, 4.69) is 26.1 Å². The number of benzene rings is 2. The highest BCUT2D eigenvalue weighted by atomic mass is 35.5. The Morgan fingerprint density at radius 1 is 1.00 bits per heavy atom. The third-order valence-electron chi connectivity index (χ3n) is 3.77. The molecule has 0 aliphatic carbocycles. The molecule has 0 radical (unpaired) electrons. The first-order valence-electron chi connectivity index (χ1n) is 8.15. The Hall–Kier alpha value is -2.37. The molecule has 0 saturated carbocycles. The summed E-state index contributed by atoms with van der Waals surface area (Å²) in [7, 11) is 0. The summed E-state index contributed by atoms with van der Waals surface area (Å²) in [6.07, 6.45) is 0. The predicted octanol–water partition coefficient (Wildman–Crippen LogP) is 4.40. The number of esters is 1. The van der Waals surface area contributed by atoms with Crippen LogP contribution in [0.15, 0.2) is 42.5 Å². The van der Waals surface area contributed by atoms with Crippen molar-refractivity contribution < 1.29 is 19.1 Å². The molecule has 0 saturated heterocycles.